The van der Waals surface area contributed by atoms with E-state index in [1.54, 1.807) is 0 Å². The second-order valence-corrected chi connectivity index (χ2v) is 4.96. The molecule has 0 unspecified atom stereocenters. The Kier molecular flexibility index (Phi) is 3.41. The molecule has 1 aromatic heterocycles. The Hall–Kier alpha value is -0.730. The first-order valence-corrected chi connectivity index (χ1v) is 6.12. The maximum absolute atomic E-state index is 6.15. The van der Waals surface area contributed by atoms with Gasteiger partial charge in [-0.3, -0.25) is 4.68 Å². The van der Waals surface area contributed by atoms with Crippen molar-refractivity contribution in [3.8, 4) is 0 Å². The third kappa shape index (κ3) is 2.33. The van der Waals surface area contributed by atoms with Crippen molar-refractivity contribution >= 4 is 28.8 Å². The van der Waals surface area contributed by atoms with Crippen LogP contribution in [0.2, 0.25) is 0 Å². The molecule has 0 bridgehead atoms. The summed E-state index contributed by atoms with van der Waals surface area (Å²) in [6, 6.07) is 0.579. The van der Waals surface area contributed by atoms with Gasteiger partial charge in [0.15, 0.2) is 0 Å². The topological polar surface area (TPSA) is 17.8 Å². The predicted octanol–water partition coefficient (Wildman–Crippen LogP) is 4.33. The van der Waals surface area contributed by atoms with Crippen LogP contribution < -0.4 is 0 Å². The van der Waals surface area contributed by atoms with Crippen LogP contribution in [0.5, 0.6) is 0 Å². The van der Waals surface area contributed by atoms with Crippen LogP contribution in [0.1, 0.15) is 38.3 Å². The van der Waals surface area contributed by atoms with Gasteiger partial charge in [-0.15, -0.1) is 0 Å². The molecule has 2 rings (SSSR count). The smallest absolute Gasteiger partial charge is 0.0569 e. The van der Waals surface area contributed by atoms with Crippen molar-refractivity contribution in [3.05, 3.63) is 34.1 Å². The van der Waals surface area contributed by atoms with Crippen LogP contribution in [0.15, 0.2) is 28.5 Å². The summed E-state index contributed by atoms with van der Waals surface area (Å²) in [5.74, 6) is 0. The van der Waals surface area contributed by atoms with Gasteiger partial charge in [0.1, 0.15) is 0 Å². The minimum atomic E-state index is 0.579. The number of rotatable bonds is 3. The van der Waals surface area contributed by atoms with E-state index in [0.717, 1.165) is 11.1 Å². The fraction of sp³-hybridized carbons (Fsp3) is 0.417. The Balaban J connectivity index is 2.36. The third-order valence-corrected chi connectivity index (χ3v) is 3.24. The maximum Gasteiger partial charge on any atom is 0.0569 e. The quantitative estimate of drug-likeness (QED) is 0.737. The Morgan fingerprint density at radius 1 is 1.50 bits per heavy atom. The standard InChI is InChI=1S/C12H14Cl2N2/c1-3-11(14)12(8(2)13)9-6-15-16(7-9)10-4-5-10/h3,6-7,10H,4-5H2,1-2H3/b11-3+,12-8+. The van der Waals surface area contributed by atoms with E-state index in [-0.39, 0.29) is 0 Å². The van der Waals surface area contributed by atoms with E-state index in [1.165, 1.54) is 12.8 Å². The van der Waals surface area contributed by atoms with Gasteiger partial charge >= 0.3 is 0 Å². The van der Waals surface area contributed by atoms with Crippen molar-refractivity contribution in [1.82, 2.24) is 9.78 Å². The lowest BCUT2D eigenvalue weighted by Crippen LogP contribution is -1.92. The lowest BCUT2D eigenvalue weighted by atomic mass is 10.1. The molecule has 1 saturated carbocycles. The van der Waals surface area contributed by atoms with E-state index in [0.29, 0.717) is 16.1 Å². The van der Waals surface area contributed by atoms with E-state index in [4.69, 9.17) is 23.2 Å². The average molecular weight is 257 g/mol. The van der Waals surface area contributed by atoms with Gasteiger partial charge in [0.05, 0.1) is 12.2 Å². The van der Waals surface area contributed by atoms with Crippen LogP contribution in [0.3, 0.4) is 0 Å². The third-order valence-electron chi connectivity index (χ3n) is 2.65. The molecular weight excluding hydrogens is 243 g/mol. The summed E-state index contributed by atoms with van der Waals surface area (Å²) in [4.78, 5) is 0. The molecular formula is C12H14Cl2N2. The monoisotopic (exact) mass is 256 g/mol. The molecule has 0 radical (unpaired) electrons. The first-order valence-electron chi connectivity index (χ1n) is 5.36. The molecule has 16 heavy (non-hydrogen) atoms. The van der Waals surface area contributed by atoms with E-state index in [9.17, 15) is 0 Å². The second-order valence-electron chi connectivity index (χ2n) is 3.99. The molecule has 1 fully saturated rings. The largest absolute Gasteiger partial charge is 0.269 e. The van der Waals surface area contributed by atoms with Gasteiger partial charge in [-0.2, -0.15) is 5.10 Å². The van der Waals surface area contributed by atoms with Gasteiger partial charge in [-0.05, 0) is 26.7 Å². The molecule has 1 heterocycles. The molecule has 1 aliphatic carbocycles. The summed E-state index contributed by atoms with van der Waals surface area (Å²) >= 11 is 12.2. The van der Waals surface area contributed by atoms with Crippen LogP contribution in [-0.2, 0) is 0 Å². The molecule has 1 aliphatic rings. The zero-order valence-electron chi connectivity index (χ0n) is 9.37. The minimum Gasteiger partial charge on any atom is -0.269 e. The van der Waals surface area contributed by atoms with Gasteiger partial charge < -0.3 is 0 Å². The summed E-state index contributed by atoms with van der Waals surface area (Å²) < 4.78 is 2.00. The van der Waals surface area contributed by atoms with E-state index in [2.05, 4.69) is 5.10 Å². The molecule has 4 heteroatoms. The van der Waals surface area contributed by atoms with Gasteiger partial charge in [0.2, 0.25) is 0 Å². The zero-order valence-corrected chi connectivity index (χ0v) is 10.9. The maximum atomic E-state index is 6.15. The van der Waals surface area contributed by atoms with Gasteiger partial charge in [0.25, 0.3) is 0 Å². The highest BCUT2D eigenvalue weighted by Crippen LogP contribution is 2.36. The number of hydrogen-bond donors (Lipinski definition) is 0. The van der Waals surface area contributed by atoms with Crippen LogP contribution in [0.4, 0.5) is 0 Å². The van der Waals surface area contributed by atoms with Crippen molar-refractivity contribution in [2.24, 2.45) is 0 Å². The number of halogens is 2. The molecule has 86 valence electrons. The highest BCUT2D eigenvalue weighted by atomic mass is 35.5. The van der Waals surface area contributed by atoms with Crippen molar-refractivity contribution < 1.29 is 0 Å². The Morgan fingerprint density at radius 2 is 2.19 bits per heavy atom. The molecule has 2 nitrogen and oxygen atoms in total. The van der Waals surface area contributed by atoms with Crippen LogP contribution >= 0.6 is 23.2 Å². The normalized spacial score (nSPS) is 18.6. The van der Waals surface area contributed by atoms with Crippen molar-refractivity contribution in [2.75, 3.05) is 0 Å². The minimum absolute atomic E-state index is 0.579. The SMILES string of the molecule is C/C=C(Cl)\C(=C(/C)Cl)c1cnn(C2CC2)c1. The average Bonchev–Trinajstić information content (AvgIpc) is 2.99. The molecule has 0 N–H and O–H groups in total. The predicted molar refractivity (Wildman–Crippen MR) is 68.6 cm³/mol. The summed E-state index contributed by atoms with van der Waals surface area (Å²) in [5.41, 5.74) is 1.86. The lowest BCUT2D eigenvalue weighted by Gasteiger charge is -2.04. The molecule has 0 aromatic carbocycles. The molecule has 0 amide bonds. The van der Waals surface area contributed by atoms with E-state index >= 15 is 0 Å². The highest BCUT2D eigenvalue weighted by Gasteiger charge is 2.24. The lowest BCUT2D eigenvalue weighted by molar-refractivity contribution is 0.641. The first-order chi connectivity index (χ1) is 7.63. The zero-order chi connectivity index (χ0) is 11.7. The van der Waals surface area contributed by atoms with Crippen molar-refractivity contribution in [3.63, 3.8) is 0 Å². The fourth-order valence-electron chi connectivity index (χ4n) is 1.65. The van der Waals surface area contributed by atoms with Crippen molar-refractivity contribution in [1.29, 1.82) is 0 Å². The second kappa shape index (κ2) is 4.64. The summed E-state index contributed by atoms with van der Waals surface area (Å²) in [6.07, 6.45) is 8.13. The van der Waals surface area contributed by atoms with Crippen LogP contribution in [-0.4, -0.2) is 9.78 Å². The molecule has 0 aliphatic heterocycles. The van der Waals surface area contributed by atoms with Gasteiger partial charge in [-0.1, -0.05) is 29.3 Å². The molecule has 1 aromatic rings. The highest BCUT2D eigenvalue weighted by molar-refractivity contribution is 6.41. The van der Waals surface area contributed by atoms with Crippen LogP contribution in [0.25, 0.3) is 5.57 Å². The molecule has 0 spiro atoms. The number of nitrogens with zero attached hydrogens (tertiary/aromatic N) is 2. The van der Waals surface area contributed by atoms with E-state index < -0.39 is 0 Å². The van der Waals surface area contributed by atoms with Crippen LogP contribution in [0, 0.1) is 0 Å². The number of hydrogen-bond acceptors (Lipinski definition) is 1. The summed E-state index contributed by atoms with van der Waals surface area (Å²) in [6.45, 7) is 3.74. The van der Waals surface area contributed by atoms with E-state index in [1.807, 2.05) is 37.0 Å². The fourth-order valence-corrected chi connectivity index (χ4v) is 2.16. The molecule has 0 saturated heterocycles. The number of aromatic nitrogens is 2. The summed E-state index contributed by atoms with van der Waals surface area (Å²) in [7, 11) is 0. The first kappa shape index (κ1) is 11.7. The Morgan fingerprint density at radius 3 is 2.69 bits per heavy atom. The van der Waals surface area contributed by atoms with Gasteiger partial charge in [-0.25, -0.2) is 0 Å². The number of allylic oxidation sites excluding steroid dienone is 4. The van der Waals surface area contributed by atoms with Crippen molar-refractivity contribution in [2.45, 2.75) is 32.7 Å². The van der Waals surface area contributed by atoms with Gasteiger partial charge in [0, 0.05) is 27.4 Å². The summed E-state index contributed by atoms with van der Waals surface area (Å²) in [5, 5.41) is 5.70. The Bertz CT molecular complexity index is 449. The Labute approximate surface area is 106 Å². The molecule has 0 atom stereocenters.